The number of para-hydroxylation sites is 3. The van der Waals surface area contributed by atoms with Gasteiger partial charge in [-0.3, -0.25) is 0 Å². The molecule has 0 saturated carbocycles. The molecule has 0 N–H and O–H groups in total. The van der Waals surface area contributed by atoms with Crippen LogP contribution in [0.2, 0.25) is 0 Å². The highest BCUT2D eigenvalue weighted by atomic mass is 15.2. The molecule has 2 aliphatic heterocycles. The summed E-state index contributed by atoms with van der Waals surface area (Å²) in [5.74, 6) is 0.889. The summed E-state index contributed by atoms with van der Waals surface area (Å²) in [5.41, 5.74) is 22.4. The van der Waals surface area contributed by atoms with Gasteiger partial charge in [0.25, 0.3) is 0 Å². The van der Waals surface area contributed by atoms with E-state index in [0.717, 1.165) is 45.1 Å². The van der Waals surface area contributed by atoms with Crippen LogP contribution >= 0.6 is 0 Å². The second-order valence-corrected chi connectivity index (χ2v) is 18.3. The number of benzene rings is 6. The second-order valence-electron chi connectivity index (χ2n) is 18.3. The molecule has 2 heteroatoms. The monoisotopic (exact) mass is 794 g/mol. The fraction of sp³-hybridized carbons (Fsp3) is 0.288. The summed E-state index contributed by atoms with van der Waals surface area (Å²) >= 11 is 0. The molecule has 6 aromatic carbocycles. The summed E-state index contributed by atoms with van der Waals surface area (Å²) < 4.78 is 0. The van der Waals surface area contributed by atoms with E-state index in [-0.39, 0.29) is 10.8 Å². The van der Waals surface area contributed by atoms with E-state index < -0.39 is 0 Å². The van der Waals surface area contributed by atoms with Gasteiger partial charge in [-0.2, -0.15) is 0 Å². The summed E-state index contributed by atoms with van der Waals surface area (Å²) in [6.45, 7) is 10.7. The predicted octanol–water partition coefficient (Wildman–Crippen LogP) is 15.2. The van der Waals surface area contributed by atoms with Gasteiger partial charge in [0.1, 0.15) is 0 Å². The molecule has 0 aromatic heterocycles. The third kappa shape index (κ3) is 5.81. The first-order valence-corrected chi connectivity index (χ1v) is 23.3. The summed E-state index contributed by atoms with van der Waals surface area (Å²) in [6, 6.07) is 49.0. The van der Waals surface area contributed by atoms with Gasteiger partial charge < -0.3 is 9.80 Å². The fourth-order valence-electron chi connectivity index (χ4n) is 12.6. The minimum Gasteiger partial charge on any atom is -0.342 e. The summed E-state index contributed by atoms with van der Waals surface area (Å²) in [7, 11) is 0. The van der Waals surface area contributed by atoms with Crippen LogP contribution in [0.3, 0.4) is 0 Å². The largest absolute Gasteiger partial charge is 0.342 e. The highest BCUT2D eigenvalue weighted by Crippen LogP contribution is 2.58. The van der Waals surface area contributed by atoms with Gasteiger partial charge in [-0.25, -0.2) is 0 Å². The van der Waals surface area contributed by atoms with E-state index >= 15 is 0 Å². The molecule has 6 aromatic rings. The SMILES string of the molecule is CCC1(CC)c2cc(/C=C/c3ccc4c(c3)C(CC)(CC)C3C=C(N5CCCc6ccccc65)C=CC43)ccc2-c2ccc(N3c4ccccc4CCc4ccccc43)cc21. The van der Waals surface area contributed by atoms with Crippen molar-refractivity contribution in [1.29, 1.82) is 0 Å². The maximum absolute atomic E-state index is 2.65. The minimum absolute atomic E-state index is 0.0443. The molecule has 2 unspecified atom stereocenters. The van der Waals surface area contributed by atoms with E-state index in [1.165, 1.54) is 96.9 Å². The number of hydrogen-bond donors (Lipinski definition) is 0. The number of allylic oxidation sites excluding steroid dienone is 3. The van der Waals surface area contributed by atoms with Crippen LogP contribution in [0.4, 0.5) is 22.7 Å². The van der Waals surface area contributed by atoms with Gasteiger partial charge in [-0.15, -0.1) is 0 Å². The van der Waals surface area contributed by atoms with Crippen molar-refractivity contribution in [3.63, 3.8) is 0 Å². The Morgan fingerprint density at radius 3 is 1.80 bits per heavy atom. The van der Waals surface area contributed by atoms with Gasteiger partial charge in [0, 0.05) is 51.7 Å². The Morgan fingerprint density at radius 2 is 1.15 bits per heavy atom. The number of hydrogen-bond acceptors (Lipinski definition) is 2. The Hall–Kier alpha value is -5.86. The van der Waals surface area contributed by atoms with Crippen molar-refractivity contribution in [3.05, 3.63) is 201 Å². The number of aryl methyl sites for hydroxylation is 3. The van der Waals surface area contributed by atoms with Crippen molar-refractivity contribution in [3.8, 4) is 11.1 Å². The molecule has 2 nitrogen and oxygen atoms in total. The zero-order chi connectivity index (χ0) is 41.3. The summed E-state index contributed by atoms with van der Waals surface area (Å²) in [4.78, 5) is 5.12. The van der Waals surface area contributed by atoms with Gasteiger partial charge in [-0.1, -0.05) is 149 Å². The molecule has 0 spiro atoms. The first kappa shape index (κ1) is 38.1. The maximum Gasteiger partial charge on any atom is 0.0493 e. The molecule has 0 bridgehead atoms. The molecule has 5 aliphatic rings. The first-order valence-electron chi connectivity index (χ1n) is 23.3. The smallest absolute Gasteiger partial charge is 0.0493 e. The van der Waals surface area contributed by atoms with E-state index in [9.17, 15) is 0 Å². The lowest BCUT2D eigenvalue weighted by molar-refractivity contribution is 0.303. The average molecular weight is 795 g/mol. The van der Waals surface area contributed by atoms with Crippen LogP contribution in [0.1, 0.15) is 116 Å². The number of rotatable bonds is 8. The van der Waals surface area contributed by atoms with Gasteiger partial charge in [-0.05, 0) is 155 Å². The average Bonchev–Trinajstić information content (AvgIpc) is 3.68. The Balaban J connectivity index is 0.919. The Kier molecular flexibility index (Phi) is 9.33. The van der Waals surface area contributed by atoms with Crippen molar-refractivity contribution >= 4 is 34.9 Å². The van der Waals surface area contributed by atoms with Crippen LogP contribution < -0.4 is 9.80 Å². The van der Waals surface area contributed by atoms with Crippen molar-refractivity contribution in [2.24, 2.45) is 5.92 Å². The van der Waals surface area contributed by atoms with Gasteiger partial charge in [0.15, 0.2) is 0 Å². The van der Waals surface area contributed by atoms with Crippen molar-refractivity contribution in [2.45, 2.75) is 95.8 Å². The summed E-state index contributed by atoms with van der Waals surface area (Å²) in [6.07, 6.45) is 21.2. The van der Waals surface area contributed by atoms with Crippen LogP contribution in [0.5, 0.6) is 0 Å². The maximum atomic E-state index is 2.65. The van der Waals surface area contributed by atoms with Gasteiger partial charge in [0.05, 0.1) is 0 Å². The fourth-order valence-corrected chi connectivity index (χ4v) is 12.6. The number of nitrogens with zero attached hydrogens (tertiary/aromatic N) is 2. The first-order chi connectivity index (χ1) is 30.0. The predicted molar refractivity (Wildman–Crippen MR) is 259 cm³/mol. The van der Waals surface area contributed by atoms with Crippen LogP contribution in [0.25, 0.3) is 23.3 Å². The zero-order valence-corrected chi connectivity index (χ0v) is 36.4. The molecule has 61 heavy (non-hydrogen) atoms. The van der Waals surface area contributed by atoms with Crippen molar-refractivity contribution in [2.75, 3.05) is 16.3 Å². The lowest BCUT2D eigenvalue weighted by Crippen LogP contribution is -2.34. The van der Waals surface area contributed by atoms with E-state index in [2.05, 4.69) is 195 Å². The quantitative estimate of drug-likeness (QED) is 0.142. The molecule has 2 heterocycles. The van der Waals surface area contributed by atoms with Crippen LogP contribution in [-0.2, 0) is 30.1 Å². The molecule has 11 rings (SSSR count). The van der Waals surface area contributed by atoms with Crippen LogP contribution in [-0.4, -0.2) is 6.54 Å². The molecule has 2 atom stereocenters. The number of anilines is 4. The van der Waals surface area contributed by atoms with Gasteiger partial charge in [0.2, 0.25) is 0 Å². The van der Waals surface area contributed by atoms with E-state index in [1.54, 1.807) is 5.56 Å². The normalized spacial score (nSPS) is 19.9. The topological polar surface area (TPSA) is 6.48 Å². The molecule has 3 aliphatic carbocycles. The minimum atomic E-state index is -0.0443. The van der Waals surface area contributed by atoms with Crippen molar-refractivity contribution in [1.82, 2.24) is 0 Å². The van der Waals surface area contributed by atoms with E-state index in [4.69, 9.17) is 0 Å². The molecule has 0 saturated heterocycles. The molecule has 304 valence electrons. The van der Waals surface area contributed by atoms with Crippen LogP contribution in [0.15, 0.2) is 151 Å². The molecule has 0 radical (unpaired) electrons. The second kappa shape index (κ2) is 14.9. The van der Waals surface area contributed by atoms with Crippen molar-refractivity contribution < 1.29 is 0 Å². The lowest BCUT2D eigenvalue weighted by atomic mass is 9.67. The highest BCUT2D eigenvalue weighted by molar-refractivity contribution is 5.88. The zero-order valence-electron chi connectivity index (χ0n) is 36.4. The third-order valence-corrected chi connectivity index (χ3v) is 15.9. The molecular weight excluding hydrogens is 737 g/mol. The third-order valence-electron chi connectivity index (χ3n) is 15.9. The van der Waals surface area contributed by atoms with Gasteiger partial charge >= 0.3 is 0 Å². The Bertz CT molecular complexity index is 2720. The number of fused-ring (bicyclic) bond motifs is 9. The standard InChI is InChI=1S/C59H58N2/c1-5-58(6-2)51-36-40(25-31-47(51)49-33-29-45(38-53(49)58)60-35-15-19-42-16-9-12-20-55(42)60)23-24-41-26-32-48-50-34-30-46(39-54(50)59(7-3,8-4)52(48)37-41)61-56-21-13-10-17-43(56)27-28-44-18-11-14-22-57(44)61/h9-14,16-18,20-26,29-34,36-39,49,53H,5-8,15,19,27-28,35H2,1-4H3/b24-23+. The highest BCUT2D eigenvalue weighted by Gasteiger charge is 2.49. The Labute approximate surface area is 364 Å². The van der Waals surface area contributed by atoms with E-state index in [1.807, 2.05) is 0 Å². The molecular formula is C59H58N2. The van der Waals surface area contributed by atoms with Crippen LogP contribution in [0, 0.1) is 5.92 Å². The molecule has 0 fully saturated rings. The lowest BCUT2D eigenvalue weighted by Gasteiger charge is -2.39. The van der Waals surface area contributed by atoms with E-state index in [0.29, 0.717) is 11.8 Å². The summed E-state index contributed by atoms with van der Waals surface area (Å²) in [5, 5.41) is 0. The Morgan fingerprint density at radius 1 is 0.574 bits per heavy atom. The molecule has 0 amide bonds.